The number of carboxylic acid groups (broad SMARTS) is 1. The van der Waals surface area contributed by atoms with Crippen LogP contribution < -0.4 is 0 Å². The van der Waals surface area contributed by atoms with Crippen LogP contribution in [0.1, 0.15) is 11.1 Å². The van der Waals surface area contributed by atoms with Gasteiger partial charge in [0.05, 0.1) is 5.56 Å². The van der Waals surface area contributed by atoms with Crippen LogP contribution in [0.4, 0.5) is 13.2 Å². The lowest BCUT2D eigenvalue weighted by Gasteiger charge is -2.10. The van der Waals surface area contributed by atoms with Gasteiger partial charge in [-0.1, -0.05) is 0 Å². The molecule has 7 heteroatoms. The van der Waals surface area contributed by atoms with E-state index in [0.29, 0.717) is 6.20 Å². The number of halogens is 3. The van der Waals surface area contributed by atoms with Crippen LogP contribution in [0.25, 0.3) is 0 Å². The van der Waals surface area contributed by atoms with E-state index in [-0.39, 0.29) is 0 Å². The van der Waals surface area contributed by atoms with Crippen molar-refractivity contribution in [1.82, 2.24) is 4.98 Å². The van der Waals surface area contributed by atoms with Gasteiger partial charge in [-0.05, 0) is 11.6 Å². The Hall–Kier alpha value is -1.92. The van der Waals surface area contributed by atoms with Crippen LogP contribution in [-0.2, 0) is 22.2 Å². The number of carboxylic acids is 1. The SMILES string of the molecule is O=C(O)C(=O)Cc1ccncc1C(F)(F)F. The standard InChI is InChI=1S/C9H6F3NO3/c10-9(11,12)6-4-13-2-1-5(6)3-7(14)8(15)16/h1-2,4H,3H2,(H,15,16). The number of pyridine rings is 1. The molecule has 0 aliphatic carbocycles. The third kappa shape index (κ3) is 2.78. The van der Waals surface area contributed by atoms with Gasteiger partial charge >= 0.3 is 12.1 Å². The molecular weight excluding hydrogens is 227 g/mol. The van der Waals surface area contributed by atoms with Crippen molar-refractivity contribution in [3.63, 3.8) is 0 Å². The molecule has 86 valence electrons. The summed E-state index contributed by atoms with van der Waals surface area (Å²) in [7, 11) is 0. The molecule has 0 saturated heterocycles. The van der Waals surface area contributed by atoms with E-state index >= 15 is 0 Å². The Bertz CT molecular complexity index is 428. The van der Waals surface area contributed by atoms with Crippen molar-refractivity contribution in [2.24, 2.45) is 0 Å². The van der Waals surface area contributed by atoms with Crippen LogP contribution in [0.3, 0.4) is 0 Å². The maximum atomic E-state index is 12.4. The zero-order valence-electron chi connectivity index (χ0n) is 7.78. The molecule has 16 heavy (non-hydrogen) atoms. The highest BCUT2D eigenvalue weighted by Gasteiger charge is 2.34. The topological polar surface area (TPSA) is 67.3 Å². The fourth-order valence-corrected chi connectivity index (χ4v) is 1.08. The molecule has 0 saturated carbocycles. The molecule has 0 unspecified atom stereocenters. The molecule has 0 aromatic carbocycles. The summed E-state index contributed by atoms with van der Waals surface area (Å²) in [5.74, 6) is -3.05. The van der Waals surface area contributed by atoms with Gasteiger partial charge in [-0.25, -0.2) is 4.79 Å². The summed E-state index contributed by atoms with van der Waals surface area (Å²) in [6.07, 6.45) is -3.82. The Kier molecular flexibility index (Phi) is 3.26. The van der Waals surface area contributed by atoms with E-state index in [1.807, 2.05) is 0 Å². The zero-order chi connectivity index (χ0) is 12.3. The molecule has 0 spiro atoms. The first-order valence-corrected chi connectivity index (χ1v) is 4.08. The minimum atomic E-state index is -4.65. The number of rotatable bonds is 3. The molecule has 1 N–H and O–H groups in total. The van der Waals surface area contributed by atoms with Crippen LogP contribution >= 0.6 is 0 Å². The monoisotopic (exact) mass is 233 g/mol. The first kappa shape index (κ1) is 12.2. The van der Waals surface area contributed by atoms with Crippen molar-refractivity contribution in [2.75, 3.05) is 0 Å². The number of alkyl halides is 3. The fourth-order valence-electron chi connectivity index (χ4n) is 1.08. The first-order chi connectivity index (χ1) is 7.32. The molecule has 1 aromatic rings. The second-order valence-electron chi connectivity index (χ2n) is 2.94. The quantitative estimate of drug-likeness (QED) is 0.799. The Balaban J connectivity index is 3.05. The molecule has 1 rings (SSSR count). The number of ketones is 1. The molecule has 0 radical (unpaired) electrons. The highest BCUT2D eigenvalue weighted by molar-refractivity contribution is 6.33. The lowest BCUT2D eigenvalue weighted by atomic mass is 10.0. The van der Waals surface area contributed by atoms with Gasteiger partial charge in [-0.2, -0.15) is 13.2 Å². The normalized spacial score (nSPS) is 11.2. The molecule has 0 aliphatic rings. The summed E-state index contributed by atoms with van der Waals surface area (Å²) >= 11 is 0. The van der Waals surface area contributed by atoms with Gasteiger partial charge < -0.3 is 5.11 Å². The summed E-state index contributed by atoms with van der Waals surface area (Å²) in [6, 6.07) is 0.976. The van der Waals surface area contributed by atoms with Crippen molar-refractivity contribution in [3.8, 4) is 0 Å². The van der Waals surface area contributed by atoms with E-state index in [2.05, 4.69) is 4.98 Å². The molecular formula is C9H6F3NO3. The molecule has 1 heterocycles. The Morgan fingerprint density at radius 3 is 2.50 bits per heavy atom. The largest absolute Gasteiger partial charge is 0.475 e. The number of hydrogen-bond donors (Lipinski definition) is 1. The third-order valence-electron chi connectivity index (χ3n) is 1.81. The summed E-state index contributed by atoms with van der Waals surface area (Å²) in [6.45, 7) is 0. The van der Waals surface area contributed by atoms with Crippen molar-refractivity contribution < 1.29 is 27.9 Å². The third-order valence-corrected chi connectivity index (χ3v) is 1.81. The first-order valence-electron chi connectivity index (χ1n) is 4.08. The van der Waals surface area contributed by atoms with E-state index in [1.165, 1.54) is 0 Å². The predicted octanol–water partition coefficient (Wildman–Crippen LogP) is 1.30. The van der Waals surface area contributed by atoms with Crippen LogP contribution in [-0.4, -0.2) is 21.8 Å². The predicted molar refractivity (Wildman–Crippen MR) is 45.6 cm³/mol. The van der Waals surface area contributed by atoms with Crippen LogP contribution in [0.2, 0.25) is 0 Å². The summed E-state index contributed by atoms with van der Waals surface area (Å²) in [5.41, 5.74) is -1.49. The minimum absolute atomic E-state index is 0.394. The van der Waals surface area contributed by atoms with Crippen molar-refractivity contribution in [1.29, 1.82) is 0 Å². The van der Waals surface area contributed by atoms with Crippen LogP contribution in [0, 0.1) is 0 Å². The number of carbonyl (C=O) groups excluding carboxylic acids is 1. The van der Waals surface area contributed by atoms with Gasteiger partial charge in [0.1, 0.15) is 0 Å². The summed E-state index contributed by atoms with van der Waals surface area (Å²) in [4.78, 5) is 24.3. The lowest BCUT2D eigenvalue weighted by Crippen LogP contribution is -2.18. The van der Waals surface area contributed by atoms with Crippen molar-refractivity contribution in [2.45, 2.75) is 12.6 Å². The highest BCUT2D eigenvalue weighted by Crippen LogP contribution is 2.31. The van der Waals surface area contributed by atoms with E-state index in [9.17, 15) is 22.8 Å². The second kappa shape index (κ2) is 4.30. The highest BCUT2D eigenvalue weighted by atomic mass is 19.4. The number of nitrogens with zero attached hydrogens (tertiary/aromatic N) is 1. The van der Waals surface area contributed by atoms with Gasteiger partial charge in [0, 0.05) is 18.8 Å². The van der Waals surface area contributed by atoms with Gasteiger partial charge in [0.25, 0.3) is 0 Å². The van der Waals surface area contributed by atoms with E-state index < -0.39 is 35.5 Å². The Morgan fingerprint density at radius 1 is 1.38 bits per heavy atom. The Labute approximate surface area is 87.7 Å². The summed E-state index contributed by atoms with van der Waals surface area (Å²) in [5, 5.41) is 8.29. The number of aromatic nitrogens is 1. The van der Waals surface area contributed by atoms with Gasteiger partial charge in [0.2, 0.25) is 5.78 Å². The lowest BCUT2D eigenvalue weighted by molar-refractivity contribution is -0.149. The van der Waals surface area contributed by atoms with Crippen molar-refractivity contribution >= 4 is 11.8 Å². The molecule has 0 amide bonds. The minimum Gasteiger partial charge on any atom is -0.475 e. The van der Waals surface area contributed by atoms with E-state index in [4.69, 9.17) is 5.11 Å². The maximum Gasteiger partial charge on any atom is 0.418 e. The van der Waals surface area contributed by atoms with Gasteiger partial charge in [-0.3, -0.25) is 9.78 Å². The summed E-state index contributed by atoms with van der Waals surface area (Å²) < 4.78 is 37.2. The zero-order valence-corrected chi connectivity index (χ0v) is 7.78. The molecule has 0 atom stereocenters. The number of aliphatic carboxylic acids is 1. The number of Topliss-reactive ketones (excluding diaryl/α,β-unsaturated/α-hetero) is 1. The fraction of sp³-hybridized carbons (Fsp3) is 0.222. The number of hydrogen-bond acceptors (Lipinski definition) is 3. The van der Waals surface area contributed by atoms with Gasteiger partial charge in [0.15, 0.2) is 0 Å². The smallest absolute Gasteiger partial charge is 0.418 e. The molecule has 0 bridgehead atoms. The molecule has 4 nitrogen and oxygen atoms in total. The average molecular weight is 233 g/mol. The van der Waals surface area contributed by atoms with E-state index in [0.717, 1.165) is 12.3 Å². The van der Waals surface area contributed by atoms with E-state index in [1.54, 1.807) is 0 Å². The second-order valence-corrected chi connectivity index (χ2v) is 2.94. The Morgan fingerprint density at radius 2 is 2.00 bits per heavy atom. The average Bonchev–Trinajstić information content (AvgIpc) is 2.16. The molecule has 0 aliphatic heterocycles. The molecule has 1 aromatic heterocycles. The van der Waals surface area contributed by atoms with Crippen molar-refractivity contribution in [3.05, 3.63) is 29.6 Å². The number of carbonyl (C=O) groups is 2. The van der Waals surface area contributed by atoms with Gasteiger partial charge in [-0.15, -0.1) is 0 Å². The van der Waals surface area contributed by atoms with Crippen LogP contribution in [0.5, 0.6) is 0 Å². The maximum absolute atomic E-state index is 12.4. The van der Waals surface area contributed by atoms with Crippen LogP contribution in [0.15, 0.2) is 18.5 Å². The molecule has 0 fully saturated rings.